The average Bonchev–Trinajstić information content (AvgIpc) is 3.03. The number of benzene rings is 3. The van der Waals surface area contributed by atoms with Gasteiger partial charge in [-0.15, -0.1) is 0 Å². The van der Waals surface area contributed by atoms with Gasteiger partial charge in [-0.1, -0.05) is 29.8 Å². The van der Waals surface area contributed by atoms with Crippen LogP contribution in [-0.2, 0) is 10.3 Å². The summed E-state index contributed by atoms with van der Waals surface area (Å²) in [7, 11) is 0. The van der Waals surface area contributed by atoms with Gasteiger partial charge in [0.25, 0.3) is 0 Å². The summed E-state index contributed by atoms with van der Waals surface area (Å²) in [5, 5.41) is 0.569. The smallest absolute Gasteiger partial charge is 0.340 e. The van der Waals surface area contributed by atoms with E-state index < -0.39 is 5.60 Å². The second-order valence-corrected chi connectivity index (χ2v) is 7.65. The molecule has 1 atom stereocenters. The van der Waals surface area contributed by atoms with Gasteiger partial charge in [0.2, 0.25) is 0 Å². The first-order valence-electron chi connectivity index (χ1n) is 9.78. The van der Waals surface area contributed by atoms with E-state index in [1.807, 2.05) is 42.5 Å². The highest BCUT2D eigenvalue weighted by Gasteiger charge is 2.53. The van der Waals surface area contributed by atoms with Crippen molar-refractivity contribution in [1.29, 1.82) is 0 Å². The molecule has 1 unspecified atom stereocenters. The van der Waals surface area contributed by atoms with Crippen LogP contribution in [0.5, 0.6) is 11.5 Å². The number of carbonyl (C=O) groups is 1. The van der Waals surface area contributed by atoms with Crippen molar-refractivity contribution in [3.63, 3.8) is 0 Å². The van der Waals surface area contributed by atoms with E-state index >= 15 is 0 Å². The molecule has 2 aliphatic rings. The molecule has 29 heavy (non-hydrogen) atoms. The SMILES string of the molecule is CCN(CC)c1ccc2c(c1)C1(OC(=O)c3ccccc31)c1ccc(Cl)cc1O2. The zero-order valence-corrected chi connectivity index (χ0v) is 17.0. The Hall–Kier alpha value is -2.98. The van der Waals surface area contributed by atoms with Crippen LogP contribution in [0.25, 0.3) is 0 Å². The molecule has 0 saturated heterocycles. The fraction of sp³-hybridized carbons (Fsp3) is 0.208. The van der Waals surface area contributed by atoms with Gasteiger partial charge in [-0.05, 0) is 56.3 Å². The summed E-state index contributed by atoms with van der Waals surface area (Å²) in [6.07, 6.45) is 0. The lowest BCUT2D eigenvalue weighted by molar-refractivity contribution is 0.0224. The molecule has 146 valence electrons. The Kier molecular flexibility index (Phi) is 4.07. The number of hydrogen-bond acceptors (Lipinski definition) is 4. The molecule has 1 spiro atoms. The van der Waals surface area contributed by atoms with Gasteiger partial charge in [-0.25, -0.2) is 4.79 Å². The maximum atomic E-state index is 12.9. The molecule has 2 heterocycles. The van der Waals surface area contributed by atoms with Gasteiger partial charge in [-0.3, -0.25) is 0 Å². The number of rotatable bonds is 3. The second kappa shape index (κ2) is 6.53. The lowest BCUT2D eigenvalue weighted by Crippen LogP contribution is -2.33. The lowest BCUT2D eigenvalue weighted by Gasteiger charge is -2.37. The minimum Gasteiger partial charge on any atom is -0.456 e. The highest BCUT2D eigenvalue weighted by molar-refractivity contribution is 6.30. The first-order valence-corrected chi connectivity index (χ1v) is 10.2. The Morgan fingerprint density at radius 1 is 0.897 bits per heavy atom. The normalized spacial score (nSPS) is 18.5. The number of carbonyl (C=O) groups excluding carboxylic acids is 1. The summed E-state index contributed by atoms with van der Waals surface area (Å²) in [5.74, 6) is 0.938. The van der Waals surface area contributed by atoms with Crippen LogP contribution >= 0.6 is 11.6 Å². The molecule has 0 saturated carbocycles. The molecular formula is C24H20ClNO3. The monoisotopic (exact) mass is 405 g/mol. The number of esters is 1. The Labute approximate surface area is 174 Å². The van der Waals surface area contributed by atoms with Crippen LogP contribution in [0.4, 0.5) is 5.69 Å². The van der Waals surface area contributed by atoms with Crippen LogP contribution in [0.2, 0.25) is 5.02 Å². The van der Waals surface area contributed by atoms with Crippen molar-refractivity contribution in [3.05, 3.63) is 87.9 Å². The molecule has 5 heteroatoms. The summed E-state index contributed by atoms with van der Waals surface area (Å²) >= 11 is 6.24. The third-order valence-electron chi connectivity index (χ3n) is 5.79. The van der Waals surface area contributed by atoms with E-state index in [1.165, 1.54) is 0 Å². The molecule has 0 aliphatic carbocycles. The van der Waals surface area contributed by atoms with Crippen LogP contribution in [0.15, 0.2) is 60.7 Å². The van der Waals surface area contributed by atoms with E-state index in [9.17, 15) is 4.79 Å². The van der Waals surface area contributed by atoms with Crippen molar-refractivity contribution >= 4 is 23.3 Å². The van der Waals surface area contributed by atoms with Crippen LogP contribution in [-0.4, -0.2) is 19.1 Å². The van der Waals surface area contributed by atoms with Crippen molar-refractivity contribution < 1.29 is 14.3 Å². The summed E-state index contributed by atoms with van der Waals surface area (Å²) in [6.45, 7) is 6.01. The average molecular weight is 406 g/mol. The third kappa shape index (κ3) is 2.49. The van der Waals surface area contributed by atoms with Crippen molar-refractivity contribution in [2.75, 3.05) is 18.0 Å². The Bertz CT molecular complexity index is 1140. The third-order valence-corrected chi connectivity index (χ3v) is 6.02. The van der Waals surface area contributed by atoms with Crippen molar-refractivity contribution in [2.45, 2.75) is 19.4 Å². The Morgan fingerprint density at radius 2 is 1.69 bits per heavy atom. The van der Waals surface area contributed by atoms with E-state index in [2.05, 4.69) is 24.8 Å². The van der Waals surface area contributed by atoms with Gasteiger partial charge in [0, 0.05) is 40.5 Å². The second-order valence-electron chi connectivity index (χ2n) is 7.21. The lowest BCUT2D eigenvalue weighted by atomic mass is 9.77. The van der Waals surface area contributed by atoms with E-state index in [-0.39, 0.29) is 5.97 Å². The van der Waals surface area contributed by atoms with Crippen LogP contribution in [0.3, 0.4) is 0 Å². The Balaban J connectivity index is 1.83. The highest BCUT2D eigenvalue weighted by Crippen LogP contribution is 2.56. The molecule has 3 aromatic carbocycles. The standard InChI is InChI=1S/C24H20ClNO3/c1-3-26(4-2)16-10-12-21-20(14-16)24(19-11-9-15(25)13-22(19)28-21)18-8-6-5-7-17(18)23(27)29-24/h5-14H,3-4H2,1-2H3. The first kappa shape index (κ1) is 18.1. The van der Waals surface area contributed by atoms with Gasteiger partial charge in [0.15, 0.2) is 5.60 Å². The van der Waals surface area contributed by atoms with Crippen molar-refractivity contribution in [3.8, 4) is 11.5 Å². The predicted octanol–water partition coefficient (Wildman–Crippen LogP) is 5.75. The molecule has 0 N–H and O–H groups in total. The largest absolute Gasteiger partial charge is 0.456 e. The number of halogens is 1. The minimum atomic E-state index is -1.05. The summed E-state index contributed by atoms with van der Waals surface area (Å²) in [4.78, 5) is 15.1. The maximum Gasteiger partial charge on any atom is 0.340 e. The number of ether oxygens (including phenoxy) is 2. The van der Waals surface area contributed by atoms with Crippen molar-refractivity contribution in [1.82, 2.24) is 0 Å². The number of fused-ring (bicyclic) bond motifs is 6. The Morgan fingerprint density at radius 3 is 2.48 bits per heavy atom. The van der Waals surface area contributed by atoms with E-state index in [4.69, 9.17) is 21.1 Å². The van der Waals surface area contributed by atoms with Crippen LogP contribution in [0.1, 0.15) is 40.9 Å². The van der Waals surface area contributed by atoms with E-state index in [1.54, 1.807) is 12.1 Å². The van der Waals surface area contributed by atoms with Gasteiger partial charge < -0.3 is 14.4 Å². The molecule has 5 rings (SSSR count). The van der Waals surface area contributed by atoms with Gasteiger partial charge >= 0.3 is 5.97 Å². The van der Waals surface area contributed by atoms with Gasteiger partial charge in [0.1, 0.15) is 11.5 Å². The predicted molar refractivity (Wildman–Crippen MR) is 113 cm³/mol. The maximum absolute atomic E-state index is 12.9. The fourth-order valence-electron chi connectivity index (χ4n) is 4.42. The molecule has 4 nitrogen and oxygen atoms in total. The zero-order valence-electron chi connectivity index (χ0n) is 16.2. The van der Waals surface area contributed by atoms with E-state index in [0.29, 0.717) is 22.1 Å². The molecule has 0 amide bonds. The number of anilines is 1. The van der Waals surface area contributed by atoms with Crippen LogP contribution < -0.4 is 9.64 Å². The topological polar surface area (TPSA) is 38.8 Å². The summed E-state index contributed by atoms with van der Waals surface area (Å²) < 4.78 is 12.4. The zero-order chi connectivity index (χ0) is 20.2. The molecular weight excluding hydrogens is 386 g/mol. The summed E-state index contributed by atoms with van der Waals surface area (Å²) in [6, 6.07) is 19.1. The minimum absolute atomic E-state index is 0.331. The molecule has 0 bridgehead atoms. The van der Waals surface area contributed by atoms with Gasteiger partial charge in [-0.2, -0.15) is 0 Å². The number of hydrogen-bond donors (Lipinski definition) is 0. The summed E-state index contributed by atoms with van der Waals surface area (Å²) in [5.41, 5.74) is 3.03. The molecule has 0 radical (unpaired) electrons. The molecule has 2 aliphatic heterocycles. The fourth-order valence-corrected chi connectivity index (χ4v) is 4.58. The van der Waals surface area contributed by atoms with Crippen molar-refractivity contribution in [2.24, 2.45) is 0 Å². The van der Waals surface area contributed by atoms with Gasteiger partial charge in [0.05, 0.1) is 5.56 Å². The molecule has 3 aromatic rings. The molecule has 0 aromatic heterocycles. The van der Waals surface area contributed by atoms with Crippen LogP contribution in [0, 0.1) is 0 Å². The first-order chi connectivity index (χ1) is 14.1. The molecule has 0 fully saturated rings. The highest BCUT2D eigenvalue weighted by atomic mass is 35.5. The number of nitrogens with zero attached hydrogens (tertiary/aromatic N) is 1. The van der Waals surface area contributed by atoms with E-state index in [0.717, 1.165) is 35.5 Å². The quantitative estimate of drug-likeness (QED) is 0.520.